The number of fused-ring (bicyclic) bond motifs is 3. The molecule has 3 heterocycles. The number of benzene rings is 6. The summed E-state index contributed by atoms with van der Waals surface area (Å²) in [5.74, 6) is 0.699. The van der Waals surface area contributed by atoms with Crippen LogP contribution >= 0.6 is 0 Å². The first kappa shape index (κ1) is 28.6. The minimum Gasteiger partial charge on any atom is -0.309 e. The number of hydrogen-bond acceptors (Lipinski definition) is 3. The fraction of sp³-hybridized carbons (Fsp3) is 0. The third-order valence-corrected chi connectivity index (χ3v) is 9.10. The third kappa shape index (κ3) is 5.35. The van der Waals surface area contributed by atoms with Gasteiger partial charge in [0.1, 0.15) is 0 Å². The SMILES string of the molecule is c1ccc(-c2nc(-c3ccc(-c4ccc5c6ccccc6n(-c6ccccc6)c5c4)cc3)cc(-c3ccc(-c4ccccn4)cc3)n2)cc1. The molecule has 0 spiro atoms. The monoisotopic (exact) mass is 626 g/mol. The fourth-order valence-corrected chi connectivity index (χ4v) is 6.64. The van der Waals surface area contributed by atoms with Crippen LogP contribution in [0.5, 0.6) is 0 Å². The summed E-state index contributed by atoms with van der Waals surface area (Å²) in [6.07, 6.45) is 1.82. The molecular weight excluding hydrogens is 597 g/mol. The van der Waals surface area contributed by atoms with E-state index in [1.807, 2.05) is 42.6 Å². The average molecular weight is 627 g/mol. The van der Waals surface area contributed by atoms with Gasteiger partial charge in [-0.1, -0.05) is 133 Å². The molecule has 4 nitrogen and oxygen atoms in total. The number of aromatic nitrogens is 4. The van der Waals surface area contributed by atoms with Crippen molar-refractivity contribution in [3.05, 3.63) is 182 Å². The molecular formula is C45H30N4. The second-order valence-electron chi connectivity index (χ2n) is 12.1. The first-order valence-electron chi connectivity index (χ1n) is 16.4. The van der Waals surface area contributed by atoms with Gasteiger partial charge in [-0.2, -0.15) is 0 Å². The van der Waals surface area contributed by atoms with E-state index in [0.29, 0.717) is 5.82 Å². The van der Waals surface area contributed by atoms with Crippen LogP contribution in [0.15, 0.2) is 182 Å². The number of nitrogens with zero attached hydrogens (tertiary/aromatic N) is 4. The molecule has 0 N–H and O–H groups in total. The van der Waals surface area contributed by atoms with Crippen LogP contribution in [0.1, 0.15) is 0 Å². The molecule has 6 aromatic carbocycles. The second kappa shape index (κ2) is 12.2. The highest BCUT2D eigenvalue weighted by Crippen LogP contribution is 2.36. The largest absolute Gasteiger partial charge is 0.309 e. The minimum absolute atomic E-state index is 0.699. The van der Waals surface area contributed by atoms with Crippen LogP contribution in [0, 0.1) is 0 Å². The summed E-state index contributed by atoms with van der Waals surface area (Å²) in [7, 11) is 0. The summed E-state index contributed by atoms with van der Waals surface area (Å²) in [5.41, 5.74) is 12.7. The van der Waals surface area contributed by atoms with Gasteiger partial charge in [0.05, 0.1) is 28.1 Å². The van der Waals surface area contributed by atoms with E-state index in [2.05, 4.69) is 149 Å². The average Bonchev–Trinajstić information content (AvgIpc) is 3.52. The van der Waals surface area contributed by atoms with Crippen molar-refractivity contribution in [2.45, 2.75) is 0 Å². The maximum Gasteiger partial charge on any atom is 0.160 e. The van der Waals surface area contributed by atoms with E-state index < -0.39 is 0 Å². The van der Waals surface area contributed by atoms with Crippen molar-refractivity contribution in [1.29, 1.82) is 0 Å². The molecule has 4 heteroatoms. The predicted molar refractivity (Wildman–Crippen MR) is 201 cm³/mol. The Morgan fingerprint density at radius 2 is 0.898 bits per heavy atom. The number of rotatable bonds is 6. The van der Waals surface area contributed by atoms with Gasteiger partial charge in [-0.05, 0) is 53.6 Å². The van der Waals surface area contributed by atoms with E-state index in [4.69, 9.17) is 9.97 Å². The zero-order valence-electron chi connectivity index (χ0n) is 26.6. The molecule has 0 unspecified atom stereocenters. The molecule has 0 saturated heterocycles. The van der Waals surface area contributed by atoms with Gasteiger partial charge in [0.2, 0.25) is 0 Å². The topological polar surface area (TPSA) is 43.6 Å². The van der Waals surface area contributed by atoms with E-state index in [1.165, 1.54) is 27.4 Å². The van der Waals surface area contributed by atoms with Gasteiger partial charge < -0.3 is 4.57 Å². The Bertz CT molecular complexity index is 2560. The summed E-state index contributed by atoms with van der Waals surface area (Å²) in [5, 5.41) is 2.50. The Balaban J connectivity index is 1.11. The molecule has 49 heavy (non-hydrogen) atoms. The van der Waals surface area contributed by atoms with E-state index in [1.54, 1.807) is 0 Å². The van der Waals surface area contributed by atoms with Crippen LogP contribution in [0.25, 0.3) is 83.8 Å². The summed E-state index contributed by atoms with van der Waals surface area (Å²) in [4.78, 5) is 14.6. The lowest BCUT2D eigenvalue weighted by Gasteiger charge is -2.11. The minimum atomic E-state index is 0.699. The summed E-state index contributed by atoms with van der Waals surface area (Å²) >= 11 is 0. The van der Waals surface area contributed by atoms with E-state index in [9.17, 15) is 0 Å². The molecule has 0 atom stereocenters. The lowest BCUT2D eigenvalue weighted by atomic mass is 10.00. The zero-order valence-corrected chi connectivity index (χ0v) is 26.6. The van der Waals surface area contributed by atoms with Crippen molar-refractivity contribution in [2.75, 3.05) is 0 Å². The van der Waals surface area contributed by atoms with E-state index in [0.717, 1.165) is 50.6 Å². The lowest BCUT2D eigenvalue weighted by Crippen LogP contribution is -1.96. The molecule has 9 aromatic rings. The van der Waals surface area contributed by atoms with Crippen LogP contribution in [-0.2, 0) is 0 Å². The van der Waals surface area contributed by atoms with Gasteiger partial charge in [0.15, 0.2) is 5.82 Å². The molecule has 0 aliphatic carbocycles. The highest BCUT2D eigenvalue weighted by molar-refractivity contribution is 6.10. The quantitative estimate of drug-likeness (QED) is 0.184. The molecule has 230 valence electrons. The van der Waals surface area contributed by atoms with Crippen LogP contribution in [0.3, 0.4) is 0 Å². The van der Waals surface area contributed by atoms with Gasteiger partial charge in [-0.3, -0.25) is 4.98 Å². The highest BCUT2D eigenvalue weighted by Gasteiger charge is 2.14. The molecule has 0 fully saturated rings. The Labute approximate surface area is 284 Å². The van der Waals surface area contributed by atoms with Gasteiger partial charge in [-0.25, -0.2) is 9.97 Å². The Morgan fingerprint density at radius 1 is 0.347 bits per heavy atom. The fourth-order valence-electron chi connectivity index (χ4n) is 6.64. The number of para-hydroxylation sites is 2. The smallest absolute Gasteiger partial charge is 0.160 e. The molecule has 0 saturated carbocycles. The van der Waals surface area contributed by atoms with E-state index >= 15 is 0 Å². The molecule has 0 bridgehead atoms. The van der Waals surface area contributed by atoms with Gasteiger partial charge >= 0.3 is 0 Å². The zero-order chi connectivity index (χ0) is 32.6. The third-order valence-electron chi connectivity index (χ3n) is 9.10. The van der Waals surface area contributed by atoms with E-state index in [-0.39, 0.29) is 0 Å². The maximum absolute atomic E-state index is 5.05. The van der Waals surface area contributed by atoms with Crippen molar-refractivity contribution in [3.63, 3.8) is 0 Å². The normalized spacial score (nSPS) is 11.3. The number of pyridine rings is 1. The molecule has 9 rings (SSSR count). The lowest BCUT2D eigenvalue weighted by molar-refractivity contribution is 1.18. The van der Waals surface area contributed by atoms with Crippen molar-refractivity contribution in [1.82, 2.24) is 19.5 Å². The van der Waals surface area contributed by atoms with Gasteiger partial charge in [0.25, 0.3) is 0 Å². The van der Waals surface area contributed by atoms with Crippen LogP contribution in [-0.4, -0.2) is 19.5 Å². The molecule has 0 radical (unpaired) electrons. The van der Waals surface area contributed by atoms with Gasteiger partial charge in [0, 0.05) is 44.9 Å². The first-order chi connectivity index (χ1) is 24.3. The predicted octanol–water partition coefficient (Wildman–Crippen LogP) is 11.3. The summed E-state index contributed by atoms with van der Waals surface area (Å²) < 4.78 is 2.36. The van der Waals surface area contributed by atoms with Gasteiger partial charge in [-0.15, -0.1) is 0 Å². The molecule has 3 aromatic heterocycles. The standard InChI is InChI=1S/C45H30N4/c1-3-11-35(12-4-1)45-47-41(30-42(48-45)34-24-22-32(23-25-34)40-16-9-10-28-46-40)33-20-18-31(19-21-33)36-26-27-39-38-15-7-8-17-43(38)49(44(39)29-36)37-13-5-2-6-14-37/h1-30H. The summed E-state index contributed by atoms with van der Waals surface area (Å²) in [6, 6.07) is 61.4. The van der Waals surface area contributed by atoms with Crippen molar-refractivity contribution >= 4 is 21.8 Å². The summed E-state index contributed by atoms with van der Waals surface area (Å²) in [6.45, 7) is 0. The molecule has 0 aliphatic rings. The maximum atomic E-state index is 5.05. The molecule has 0 aliphatic heterocycles. The molecule has 0 amide bonds. The van der Waals surface area contributed by atoms with Crippen LogP contribution < -0.4 is 0 Å². The van der Waals surface area contributed by atoms with Crippen LogP contribution in [0.4, 0.5) is 0 Å². The highest BCUT2D eigenvalue weighted by atomic mass is 15.0. The Hall–Kier alpha value is -6.65. The van der Waals surface area contributed by atoms with Crippen molar-refractivity contribution in [3.8, 4) is 62.0 Å². The van der Waals surface area contributed by atoms with Crippen molar-refractivity contribution in [2.24, 2.45) is 0 Å². The first-order valence-corrected chi connectivity index (χ1v) is 16.4. The Morgan fingerprint density at radius 3 is 1.57 bits per heavy atom. The van der Waals surface area contributed by atoms with Crippen molar-refractivity contribution < 1.29 is 0 Å². The Kier molecular flexibility index (Phi) is 7.10. The van der Waals surface area contributed by atoms with Crippen LogP contribution in [0.2, 0.25) is 0 Å². The second-order valence-corrected chi connectivity index (χ2v) is 12.1. The number of hydrogen-bond donors (Lipinski definition) is 0.